The van der Waals surface area contributed by atoms with Crippen LogP contribution >= 0.6 is 11.6 Å². The molecule has 1 amide bonds. The summed E-state index contributed by atoms with van der Waals surface area (Å²) in [5.41, 5.74) is 2.20. The van der Waals surface area contributed by atoms with Crippen molar-refractivity contribution in [3.63, 3.8) is 0 Å². The summed E-state index contributed by atoms with van der Waals surface area (Å²) in [5, 5.41) is 16.7. The molecule has 3 aromatic rings. The lowest BCUT2D eigenvalue weighted by atomic mass is 9.90. The minimum absolute atomic E-state index is 0.197. The van der Waals surface area contributed by atoms with Gasteiger partial charge in [-0.3, -0.25) is 9.59 Å². The third-order valence-electron chi connectivity index (χ3n) is 4.56. The highest BCUT2D eigenvalue weighted by Crippen LogP contribution is 2.41. The smallest absolute Gasteiger partial charge is 0.325 e. The third kappa shape index (κ3) is 3.10. The van der Waals surface area contributed by atoms with Gasteiger partial charge in [-0.2, -0.15) is 5.10 Å². The number of carbonyl (C=O) groups excluding carboxylic acids is 1. The standard InChI is InChI=1S/C19H16ClN3O4/c1-10-18-12(8-16(24)21-19(18)23(22-10)9-17(25)26)15-7-6-14(27-15)11-4-2-3-5-13(11)20/h2-7,12H,8-9H2,1H3,(H,21,24)(H,25,26)/t12-/m1/s1. The van der Waals surface area contributed by atoms with E-state index in [2.05, 4.69) is 10.4 Å². The monoisotopic (exact) mass is 385 g/mol. The van der Waals surface area contributed by atoms with E-state index < -0.39 is 5.97 Å². The van der Waals surface area contributed by atoms with Crippen molar-refractivity contribution >= 4 is 29.3 Å². The molecule has 0 bridgehead atoms. The maximum Gasteiger partial charge on any atom is 0.325 e. The number of nitrogens with one attached hydrogen (secondary N) is 1. The van der Waals surface area contributed by atoms with Gasteiger partial charge in [0.15, 0.2) is 0 Å². The van der Waals surface area contributed by atoms with Crippen LogP contribution in [0.25, 0.3) is 11.3 Å². The molecule has 2 aromatic heterocycles. The first-order chi connectivity index (χ1) is 12.9. The van der Waals surface area contributed by atoms with Gasteiger partial charge in [0, 0.05) is 17.5 Å². The van der Waals surface area contributed by atoms with Gasteiger partial charge in [-0.1, -0.05) is 23.7 Å². The number of amides is 1. The minimum atomic E-state index is -1.03. The lowest BCUT2D eigenvalue weighted by Gasteiger charge is -2.22. The van der Waals surface area contributed by atoms with Gasteiger partial charge >= 0.3 is 5.97 Å². The molecule has 0 saturated heterocycles. The van der Waals surface area contributed by atoms with Crippen molar-refractivity contribution in [2.45, 2.75) is 25.8 Å². The number of rotatable bonds is 4. The molecule has 1 aromatic carbocycles. The van der Waals surface area contributed by atoms with Gasteiger partial charge in [-0.25, -0.2) is 4.68 Å². The zero-order valence-corrected chi connectivity index (χ0v) is 15.2. The molecule has 0 radical (unpaired) electrons. The van der Waals surface area contributed by atoms with Crippen molar-refractivity contribution in [3.05, 3.63) is 58.4 Å². The Morgan fingerprint density at radius 2 is 2.15 bits per heavy atom. The van der Waals surface area contributed by atoms with E-state index in [1.54, 1.807) is 13.0 Å². The molecule has 1 aliphatic heterocycles. The van der Waals surface area contributed by atoms with Crippen LogP contribution in [0, 0.1) is 6.92 Å². The number of hydrogen-bond acceptors (Lipinski definition) is 4. The Bertz CT molecular complexity index is 1050. The van der Waals surface area contributed by atoms with Gasteiger partial charge in [0.05, 0.1) is 16.6 Å². The summed E-state index contributed by atoms with van der Waals surface area (Å²) in [6.07, 6.45) is 0.197. The van der Waals surface area contributed by atoms with Gasteiger partial charge in [0.2, 0.25) is 5.91 Å². The second-order valence-electron chi connectivity index (χ2n) is 6.39. The molecular weight excluding hydrogens is 370 g/mol. The Kier molecular flexibility index (Phi) is 4.24. The number of nitrogens with zero attached hydrogens (tertiary/aromatic N) is 2. The number of fused-ring (bicyclic) bond motifs is 1. The highest BCUT2D eigenvalue weighted by Gasteiger charge is 2.34. The summed E-state index contributed by atoms with van der Waals surface area (Å²) in [5.74, 6) is 0.0440. The summed E-state index contributed by atoms with van der Waals surface area (Å²) in [6.45, 7) is 1.46. The van der Waals surface area contributed by atoms with E-state index in [0.29, 0.717) is 28.1 Å². The zero-order valence-electron chi connectivity index (χ0n) is 14.4. The second kappa shape index (κ2) is 6.59. The molecule has 0 saturated carbocycles. The molecular formula is C19H16ClN3O4. The number of hydrogen-bond donors (Lipinski definition) is 2. The fourth-order valence-corrected chi connectivity index (χ4v) is 3.68. The summed E-state index contributed by atoms with van der Waals surface area (Å²) in [7, 11) is 0. The Morgan fingerprint density at radius 1 is 1.37 bits per heavy atom. The van der Waals surface area contributed by atoms with E-state index >= 15 is 0 Å². The maximum absolute atomic E-state index is 12.2. The summed E-state index contributed by atoms with van der Waals surface area (Å²) in [6, 6.07) is 11.0. The van der Waals surface area contributed by atoms with Gasteiger partial charge in [-0.15, -0.1) is 0 Å². The molecule has 4 rings (SSSR count). The molecule has 0 aliphatic carbocycles. The first-order valence-corrected chi connectivity index (χ1v) is 8.75. The molecule has 7 nitrogen and oxygen atoms in total. The van der Waals surface area contributed by atoms with Gasteiger partial charge in [0.1, 0.15) is 23.9 Å². The fourth-order valence-electron chi connectivity index (χ4n) is 3.45. The molecule has 0 spiro atoms. The molecule has 138 valence electrons. The number of aromatic nitrogens is 2. The van der Waals surface area contributed by atoms with Gasteiger partial charge in [-0.05, 0) is 31.2 Å². The molecule has 1 aliphatic rings. The van der Waals surface area contributed by atoms with Crippen LogP contribution in [0.5, 0.6) is 0 Å². The maximum atomic E-state index is 12.2. The van der Waals surface area contributed by atoms with Gasteiger partial charge < -0.3 is 14.8 Å². The lowest BCUT2D eigenvalue weighted by Crippen LogP contribution is -2.25. The van der Waals surface area contributed by atoms with E-state index in [1.807, 2.05) is 30.3 Å². The number of benzene rings is 1. The van der Waals surface area contributed by atoms with Crippen LogP contribution in [0.4, 0.5) is 5.82 Å². The predicted octanol–water partition coefficient (Wildman–Crippen LogP) is 3.66. The van der Waals surface area contributed by atoms with Crippen LogP contribution in [0.1, 0.15) is 29.4 Å². The van der Waals surface area contributed by atoms with E-state index in [-0.39, 0.29) is 24.8 Å². The predicted molar refractivity (Wildman–Crippen MR) is 98.8 cm³/mol. The van der Waals surface area contributed by atoms with Crippen molar-refractivity contribution in [3.8, 4) is 11.3 Å². The number of aryl methyl sites for hydroxylation is 1. The van der Waals surface area contributed by atoms with Crippen molar-refractivity contribution < 1.29 is 19.1 Å². The number of carboxylic acid groups (broad SMARTS) is 1. The SMILES string of the molecule is Cc1nn(CC(=O)O)c2c1[C@@H](c1ccc(-c3ccccc3Cl)o1)CC(=O)N2. The Morgan fingerprint density at radius 3 is 2.89 bits per heavy atom. The van der Waals surface area contributed by atoms with Crippen molar-refractivity contribution in [1.29, 1.82) is 0 Å². The number of carbonyl (C=O) groups is 2. The van der Waals surface area contributed by atoms with Crippen LogP contribution in [0.3, 0.4) is 0 Å². The molecule has 3 heterocycles. The number of furan rings is 1. The van der Waals surface area contributed by atoms with Crippen molar-refractivity contribution in [1.82, 2.24) is 9.78 Å². The molecule has 2 N–H and O–H groups in total. The Hall–Kier alpha value is -3.06. The third-order valence-corrected chi connectivity index (χ3v) is 4.89. The van der Waals surface area contributed by atoms with Crippen molar-refractivity contribution in [2.24, 2.45) is 0 Å². The van der Waals surface area contributed by atoms with E-state index in [0.717, 1.165) is 11.1 Å². The number of aliphatic carboxylic acids is 1. The molecule has 0 fully saturated rings. The number of carboxylic acids is 1. The first kappa shape index (κ1) is 17.4. The Balaban J connectivity index is 1.76. The Labute approximate surface area is 159 Å². The quantitative estimate of drug-likeness (QED) is 0.714. The van der Waals surface area contributed by atoms with E-state index in [4.69, 9.17) is 21.1 Å². The number of anilines is 1. The first-order valence-electron chi connectivity index (χ1n) is 8.37. The van der Waals surface area contributed by atoms with Crippen LogP contribution in [0.15, 0.2) is 40.8 Å². The molecule has 1 atom stereocenters. The van der Waals surface area contributed by atoms with E-state index in [9.17, 15) is 9.59 Å². The highest BCUT2D eigenvalue weighted by atomic mass is 35.5. The summed E-state index contributed by atoms with van der Waals surface area (Å²) < 4.78 is 7.32. The molecule has 0 unspecified atom stereocenters. The largest absolute Gasteiger partial charge is 0.480 e. The van der Waals surface area contributed by atoms with Crippen LogP contribution in [0.2, 0.25) is 5.02 Å². The van der Waals surface area contributed by atoms with Crippen LogP contribution in [-0.2, 0) is 16.1 Å². The van der Waals surface area contributed by atoms with Crippen LogP contribution in [-0.4, -0.2) is 26.8 Å². The normalized spacial score (nSPS) is 16.1. The number of halogens is 1. The van der Waals surface area contributed by atoms with Crippen LogP contribution < -0.4 is 5.32 Å². The lowest BCUT2D eigenvalue weighted by molar-refractivity contribution is -0.137. The van der Waals surface area contributed by atoms with Gasteiger partial charge in [0.25, 0.3) is 0 Å². The fraction of sp³-hybridized carbons (Fsp3) is 0.211. The van der Waals surface area contributed by atoms with E-state index in [1.165, 1.54) is 4.68 Å². The zero-order chi connectivity index (χ0) is 19.1. The average Bonchev–Trinajstić information content (AvgIpc) is 3.20. The highest BCUT2D eigenvalue weighted by molar-refractivity contribution is 6.33. The molecule has 8 heteroatoms. The summed E-state index contributed by atoms with van der Waals surface area (Å²) in [4.78, 5) is 23.3. The molecule has 27 heavy (non-hydrogen) atoms. The second-order valence-corrected chi connectivity index (χ2v) is 6.79. The average molecular weight is 386 g/mol. The summed E-state index contributed by atoms with van der Waals surface area (Å²) >= 11 is 6.24. The topological polar surface area (TPSA) is 97.4 Å². The minimum Gasteiger partial charge on any atom is -0.480 e. The van der Waals surface area contributed by atoms with Crippen molar-refractivity contribution in [2.75, 3.05) is 5.32 Å².